The summed E-state index contributed by atoms with van der Waals surface area (Å²) in [6.07, 6.45) is 1.56. The molecule has 0 aromatic heterocycles. The number of carbonyl (C=O) groups is 1. The summed E-state index contributed by atoms with van der Waals surface area (Å²) in [5.41, 5.74) is 8.36. The average molecular weight is 288 g/mol. The summed E-state index contributed by atoms with van der Waals surface area (Å²) in [4.78, 5) is 12.1. The van der Waals surface area contributed by atoms with Crippen molar-refractivity contribution in [2.45, 2.75) is 18.9 Å². The molecular formula is C16H14F2N2O. The molecule has 0 fully saturated rings. The Labute approximate surface area is 120 Å². The van der Waals surface area contributed by atoms with Crippen LogP contribution in [-0.2, 0) is 6.42 Å². The summed E-state index contributed by atoms with van der Waals surface area (Å²) < 4.78 is 26.5. The van der Waals surface area contributed by atoms with Crippen LogP contribution in [-0.4, -0.2) is 5.91 Å². The number of carbonyl (C=O) groups excluding carboxylic acids is 1. The smallest absolute Gasteiger partial charge is 0.254 e. The summed E-state index contributed by atoms with van der Waals surface area (Å²) in [6.45, 7) is 0. The second-order valence-corrected chi connectivity index (χ2v) is 5.15. The molecule has 5 heteroatoms. The van der Waals surface area contributed by atoms with Crippen molar-refractivity contribution in [3.8, 4) is 0 Å². The van der Waals surface area contributed by atoms with Gasteiger partial charge in [0.15, 0.2) is 0 Å². The standard InChI is InChI=1S/C16H14F2N2O/c17-10-2-4-13(14(18)8-10)16(21)20-15-6-1-9-7-11(19)3-5-12(9)15/h2-5,7-8,15H,1,6,19H2,(H,20,21). The number of nitrogens with one attached hydrogen (secondary N) is 1. The van der Waals surface area contributed by atoms with Gasteiger partial charge in [-0.15, -0.1) is 0 Å². The number of hydrogen-bond donors (Lipinski definition) is 2. The minimum Gasteiger partial charge on any atom is -0.399 e. The molecule has 1 aliphatic rings. The number of halogens is 2. The van der Waals surface area contributed by atoms with Gasteiger partial charge >= 0.3 is 0 Å². The largest absolute Gasteiger partial charge is 0.399 e. The molecule has 0 saturated carbocycles. The number of rotatable bonds is 2. The van der Waals surface area contributed by atoms with Crippen LogP contribution in [0.25, 0.3) is 0 Å². The molecule has 1 unspecified atom stereocenters. The highest BCUT2D eigenvalue weighted by molar-refractivity contribution is 5.94. The number of benzene rings is 2. The molecule has 21 heavy (non-hydrogen) atoms. The van der Waals surface area contributed by atoms with Crippen molar-refractivity contribution in [1.29, 1.82) is 0 Å². The molecule has 2 aromatic carbocycles. The number of aryl methyl sites for hydroxylation is 1. The topological polar surface area (TPSA) is 55.1 Å². The van der Waals surface area contributed by atoms with E-state index in [-0.39, 0.29) is 11.6 Å². The van der Waals surface area contributed by atoms with Gasteiger partial charge in [-0.25, -0.2) is 8.78 Å². The van der Waals surface area contributed by atoms with Gasteiger partial charge < -0.3 is 11.1 Å². The highest BCUT2D eigenvalue weighted by Gasteiger charge is 2.25. The van der Waals surface area contributed by atoms with E-state index >= 15 is 0 Å². The zero-order valence-electron chi connectivity index (χ0n) is 11.2. The molecule has 0 radical (unpaired) electrons. The fourth-order valence-electron chi connectivity index (χ4n) is 2.70. The Hall–Kier alpha value is -2.43. The first kappa shape index (κ1) is 13.5. The lowest BCUT2D eigenvalue weighted by Gasteiger charge is -2.14. The predicted molar refractivity (Wildman–Crippen MR) is 75.7 cm³/mol. The van der Waals surface area contributed by atoms with Crippen molar-refractivity contribution < 1.29 is 13.6 Å². The van der Waals surface area contributed by atoms with Gasteiger partial charge in [0.05, 0.1) is 11.6 Å². The number of nitrogen functional groups attached to an aromatic ring is 1. The van der Waals surface area contributed by atoms with E-state index in [2.05, 4.69) is 5.32 Å². The van der Waals surface area contributed by atoms with Crippen molar-refractivity contribution in [3.05, 3.63) is 64.7 Å². The van der Waals surface area contributed by atoms with Gasteiger partial charge in [0.25, 0.3) is 5.91 Å². The second kappa shape index (κ2) is 5.16. The van der Waals surface area contributed by atoms with Crippen LogP contribution < -0.4 is 11.1 Å². The Morgan fingerprint density at radius 1 is 1.19 bits per heavy atom. The normalized spacial score (nSPS) is 16.6. The molecule has 3 N–H and O–H groups in total. The van der Waals surface area contributed by atoms with Gasteiger partial charge in [0.2, 0.25) is 0 Å². The van der Waals surface area contributed by atoms with E-state index in [4.69, 9.17) is 5.73 Å². The van der Waals surface area contributed by atoms with Crippen molar-refractivity contribution in [2.24, 2.45) is 0 Å². The zero-order chi connectivity index (χ0) is 15.0. The lowest BCUT2D eigenvalue weighted by atomic mass is 10.1. The Morgan fingerprint density at radius 2 is 2.00 bits per heavy atom. The summed E-state index contributed by atoms with van der Waals surface area (Å²) in [7, 11) is 0. The molecular weight excluding hydrogens is 274 g/mol. The lowest BCUT2D eigenvalue weighted by molar-refractivity contribution is 0.0932. The third kappa shape index (κ3) is 2.59. The molecule has 108 valence electrons. The van der Waals surface area contributed by atoms with Crippen molar-refractivity contribution in [2.75, 3.05) is 5.73 Å². The van der Waals surface area contributed by atoms with Crippen molar-refractivity contribution in [3.63, 3.8) is 0 Å². The van der Waals surface area contributed by atoms with E-state index in [1.165, 1.54) is 0 Å². The summed E-state index contributed by atoms with van der Waals surface area (Å²) in [5.74, 6) is -2.10. The van der Waals surface area contributed by atoms with E-state index in [1.54, 1.807) is 6.07 Å². The van der Waals surface area contributed by atoms with Crippen LogP contribution in [0.3, 0.4) is 0 Å². The highest BCUT2D eigenvalue weighted by Crippen LogP contribution is 2.32. The van der Waals surface area contributed by atoms with Crippen LogP contribution in [0.1, 0.15) is 33.9 Å². The van der Waals surface area contributed by atoms with Crippen LogP contribution in [0.5, 0.6) is 0 Å². The van der Waals surface area contributed by atoms with Gasteiger partial charge in [0, 0.05) is 11.8 Å². The van der Waals surface area contributed by atoms with Crippen molar-refractivity contribution >= 4 is 11.6 Å². The molecule has 3 nitrogen and oxygen atoms in total. The number of amides is 1. The average Bonchev–Trinajstić information content (AvgIpc) is 2.80. The lowest BCUT2D eigenvalue weighted by Crippen LogP contribution is -2.28. The zero-order valence-corrected chi connectivity index (χ0v) is 11.2. The molecule has 1 aliphatic carbocycles. The minimum atomic E-state index is -0.858. The first-order valence-corrected chi connectivity index (χ1v) is 6.69. The fourth-order valence-corrected chi connectivity index (χ4v) is 2.70. The summed E-state index contributed by atoms with van der Waals surface area (Å²) >= 11 is 0. The summed E-state index contributed by atoms with van der Waals surface area (Å²) in [5, 5.41) is 2.79. The maximum absolute atomic E-state index is 13.6. The monoisotopic (exact) mass is 288 g/mol. The van der Waals surface area contributed by atoms with Gasteiger partial charge in [-0.3, -0.25) is 4.79 Å². The van der Waals surface area contributed by atoms with E-state index < -0.39 is 17.5 Å². The minimum absolute atomic E-state index is 0.153. The molecule has 2 aromatic rings. The SMILES string of the molecule is Nc1ccc2c(c1)CCC2NC(=O)c1ccc(F)cc1F. The molecule has 0 bridgehead atoms. The molecule has 1 amide bonds. The van der Waals surface area contributed by atoms with Crippen LogP contribution in [0.2, 0.25) is 0 Å². The number of anilines is 1. The molecule has 0 aliphatic heterocycles. The van der Waals surface area contributed by atoms with Crippen LogP contribution >= 0.6 is 0 Å². The first-order chi connectivity index (χ1) is 10.0. The Morgan fingerprint density at radius 3 is 2.76 bits per heavy atom. The molecule has 0 spiro atoms. The van der Waals surface area contributed by atoms with Gasteiger partial charge in [0.1, 0.15) is 11.6 Å². The van der Waals surface area contributed by atoms with Crippen LogP contribution in [0.15, 0.2) is 36.4 Å². The quantitative estimate of drug-likeness (QED) is 0.835. The number of fused-ring (bicyclic) bond motifs is 1. The molecule has 0 saturated heterocycles. The Balaban J connectivity index is 1.81. The van der Waals surface area contributed by atoms with Gasteiger partial charge in [-0.05, 0) is 48.2 Å². The van der Waals surface area contributed by atoms with Crippen molar-refractivity contribution in [1.82, 2.24) is 5.32 Å². The number of hydrogen-bond acceptors (Lipinski definition) is 2. The van der Waals surface area contributed by atoms with E-state index in [0.717, 1.165) is 36.1 Å². The number of nitrogens with two attached hydrogens (primary N) is 1. The Bertz CT molecular complexity index is 715. The van der Waals surface area contributed by atoms with Gasteiger partial charge in [-0.1, -0.05) is 6.07 Å². The first-order valence-electron chi connectivity index (χ1n) is 6.69. The maximum Gasteiger partial charge on any atom is 0.254 e. The van der Waals surface area contributed by atoms with E-state index in [0.29, 0.717) is 11.8 Å². The Kier molecular flexibility index (Phi) is 3.33. The fraction of sp³-hybridized carbons (Fsp3) is 0.188. The molecule has 1 atom stereocenters. The van der Waals surface area contributed by atoms with Gasteiger partial charge in [-0.2, -0.15) is 0 Å². The third-order valence-corrected chi connectivity index (χ3v) is 3.73. The highest BCUT2D eigenvalue weighted by atomic mass is 19.1. The third-order valence-electron chi connectivity index (χ3n) is 3.73. The van der Waals surface area contributed by atoms with E-state index in [9.17, 15) is 13.6 Å². The molecule has 3 rings (SSSR count). The maximum atomic E-state index is 13.6. The van der Waals surface area contributed by atoms with Crippen LogP contribution in [0, 0.1) is 11.6 Å². The van der Waals surface area contributed by atoms with Crippen LogP contribution in [0.4, 0.5) is 14.5 Å². The second-order valence-electron chi connectivity index (χ2n) is 5.15. The van der Waals surface area contributed by atoms with E-state index in [1.807, 2.05) is 12.1 Å². The predicted octanol–water partition coefficient (Wildman–Crippen LogP) is 2.96. The molecule has 0 heterocycles. The summed E-state index contributed by atoms with van der Waals surface area (Å²) in [6, 6.07) is 8.31.